The zero-order valence-corrected chi connectivity index (χ0v) is 37.3. The molecule has 4 aromatic carbocycles. The van der Waals surface area contributed by atoms with Crippen molar-refractivity contribution in [2.24, 2.45) is 15.2 Å². The summed E-state index contributed by atoms with van der Waals surface area (Å²) in [6, 6.07) is 24.7. The van der Waals surface area contributed by atoms with Crippen molar-refractivity contribution in [1.29, 1.82) is 0 Å². The lowest BCUT2D eigenvalue weighted by Crippen LogP contribution is -2.08. The molecule has 61 heavy (non-hydrogen) atoms. The van der Waals surface area contributed by atoms with Crippen LogP contribution in [-0.4, -0.2) is 37.1 Å². The van der Waals surface area contributed by atoms with Crippen LogP contribution in [0.5, 0.6) is 28.7 Å². The molecule has 0 amide bonds. The van der Waals surface area contributed by atoms with Crippen molar-refractivity contribution < 1.29 is 28.8 Å². The molecule has 4 aromatic rings. The Balaban J connectivity index is 1.28. The summed E-state index contributed by atoms with van der Waals surface area (Å²) >= 11 is 0. The predicted octanol–water partition coefficient (Wildman–Crippen LogP) is 15.8. The van der Waals surface area contributed by atoms with E-state index in [0.717, 1.165) is 19.3 Å². The SMILES string of the molecule is CCCCCCCCCCCCOc1ccc(C=Nc2ccc(N=Nc3ccc(OC(=O)c4ccc(OCC)cc4)cc3OCCCCCCCCCCCC)cc2)c(O)c1. The van der Waals surface area contributed by atoms with Crippen LogP contribution < -0.4 is 18.9 Å². The molecule has 0 aliphatic heterocycles. The van der Waals surface area contributed by atoms with Crippen molar-refractivity contribution in [2.75, 3.05) is 19.8 Å². The summed E-state index contributed by atoms with van der Waals surface area (Å²) in [5, 5.41) is 19.6. The molecule has 0 spiro atoms. The number of benzene rings is 4. The largest absolute Gasteiger partial charge is 0.507 e. The standard InChI is InChI=1S/C52H71N3O6/c1-4-7-9-11-13-15-17-19-21-23-37-59-47-34-27-43(50(56)39-47)41-53-44-28-30-45(31-29-44)54-55-49-36-35-48(61-52(57)42-25-32-46(33-26-42)58-6-3)40-51(49)60-38-24-22-20-18-16-14-12-10-8-5-2/h25-36,39-41,56H,4-24,37-38H2,1-3H3. The maximum Gasteiger partial charge on any atom is 0.343 e. The van der Waals surface area contributed by atoms with Crippen LogP contribution in [0.15, 0.2) is 100 Å². The van der Waals surface area contributed by atoms with Gasteiger partial charge in [-0.25, -0.2) is 4.79 Å². The second-order valence-electron chi connectivity index (χ2n) is 15.7. The third-order valence-electron chi connectivity index (χ3n) is 10.5. The molecule has 0 heterocycles. The monoisotopic (exact) mass is 834 g/mol. The summed E-state index contributed by atoms with van der Waals surface area (Å²) in [6.45, 7) is 8.14. The van der Waals surface area contributed by atoms with Crippen LogP contribution >= 0.6 is 0 Å². The molecule has 1 N–H and O–H groups in total. The average Bonchev–Trinajstić information content (AvgIpc) is 3.27. The van der Waals surface area contributed by atoms with Gasteiger partial charge in [-0.2, -0.15) is 5.11 Å². The molecule has 0 aliphatic rings. The first-order chi connectivity index (χ1) is 30.0. The second kappa shape index (κ2) is 29.9. The first-order valence-electron chi connectivity index (χ1n) is 23.2. The maximum atomic E-state index is 13.0. The summed E-state index contributed by atoms with van der Waals surface area (Å²) in [6.07, 6.45) is 26.8. The van der Waals surface area contributed by atoms with Crippen LogP contribution in [-0.2, 0) is 0 Å². The lowest BCUT2D eigenvalue weighted by Gasteiger charge is -2.11. The van der Waals surface area contributed by atoms with E-state index in [4.69, 9.17) is 18.9 Å². The number of unbranched alkanes of at least 4 members (excludes halogenated alkanes) is 18. The molecule has 0 bridgehead atoms. The number of carbonyl (C=O) groups is 1. The molecular weight excluding hydrogens is 763 g/mol. The quantitative estimate of drug-likeness (QED) is 0.0172. The summed E-state index contributed by atoms with van der Waals surface area (Å²) in [5.41, 5.74) is 2.90. The van der Waals surface area contributed by atoms with Crippen LogP contribution in [0.1, 0.15) is 165 Å². The number of hydrogen-bond acceptors (Lipinski definition) is 9. The molecule has 4 rings (SSSR count). The zero-order valence-electron chi connectivity index (χ0n) is 37.3. The molecule has 0 unspecified atom stereocenters. The highest BCUT2D eigenvalue weighted by atomic mass is 16.5. The minimum absolute atomic E-state index is 0.123. The van der Waals surface area contributed by atoms with Gasteiger partial charge in [-0.3, -0.25) is 4.99 Å². The zero-order chi connectivity index (χ0) is 43.2. The number of ether oxygens (including phenoxy) is 4. The molecule has 9 nitrogen and oxygen atoms in total. The number of phenols is 1. The Hall–Kier alpha value is -5.18. The van der Waals surface area contributed by atoms with Gasteiger partial charge in [-0.15, -0.1) is 5.11 Å². The van der Waals surface area contributed by atoms with E-state index in [-0.39, 0.29) is 5.75 Å². The van der Waals surface area contributed by atoms with Crippen LogP contribution in [0.3, 0.4) is 0 Å². The number of hydrogen-bond donors (Lipinski definition) is 1. The summed E-state index contributed by atoms with van der Waals surface area (Å²) in [5.74, 6) is 1.85. The lowest BCUT2D eigenvalue weighted by atomic mass is 10.1. The smallest absolute Gasteiger partial charge is 0.343 e. The van der Waals surface area contributed by atoms with Crippen LogP contribution in [0.4, 0.5) is 17.1 Å². The van der Waals surface area contributed by atoms with Crippen LogP contribution in [0, 0.1) is 0 Å². The van der Waals surface area contributed by atoms with Crippen molar-refractivity contribution >= 4 is 29.2 Å². The molecule has 0 fully saturated rings. The number of aromatic hydroxyl groups is 1. The fourth-order valence-electron chi connectivity index (χ4n) is 6.91. The van der Waals surface area contributed by atoms with Gasteiger partial charge in [0.15, 0.2) is 5.75 Å². The van der Waals surface area contributed by atoms with Gasteiger partial charge in [0.2, 0.25) is 0 Å². The fourth-order valence-corrected chi connectivity index (χ4v) is 6.91. The van der Waals surface area contributed by atoms with Gasteiger partial charge in [0, 0.05) is 23.9 Å². The van der Waals surface area contributed by atoms with E-state index in [1.165, 1.54) is 109 Å². The van der Waals surface area contributed by atoms with E-state index < -0.39 is 5.97 Å². The maximum absolute atomic E-state index is 13.0. The van der Waals surface area contributed by atoms with Crippen molar-refractivity contribution in [3.63, 3.8) is 0 Å². The Labute approximate surface area is 366 Å². The molecule has 0 atom stereocenters. The van der Waals surface area contributed by atoms with Gasteiger partial charge in [0.25, 0.3) is 0 Å². The molecule has 330 valence electrons. The van der Waals surface area contributed by atoms with Gasteiger partial charge in [-0.05, 0) is 92.6 Å². The summed E-state index contributed by atoms with van der Waals surface area (Å²) in [4.78, 5) is 17.5. The second-order valence-corrected chi connectivity index (χ2v) is 15.7. The lowest BCUT2D eigenvalue weighted by molar-refractivity contribution is 0.0734. The van der Waals surface area contributed by atoms with Crippen molar-refractivity contribution in [2.45, 2.75) is 149 Å². The molecule has 0 aromatic heterocycles. The van der Waals surface area contributed by atoms with E-state index in [9.17, 15) is 9.90 Å². The Kier molecular flexibility index (Phi) is 23.8. The topological polar surface area (TPSA) is 111 Å². The number of carbonyl (C=O) groups excluding carboxylic acids is 1. The number of phenolic OH excluding ortho intramolecular Hbond substituents is 1. The highest BCUT2D eigenvalue weighted by Gasteiger charge is 2.13. The van der Waals surface area contributed by atoms with Crippen LogP contribution in [0.2, 0.25) is 0 Å². The Morgan fingerprint density at radius 1 is 0.525 bits per heavy atom. The Morgan fingerprint density at radius 2 is 1.05 bits per heavy atom. The summed E-state index contributed by atoms with van der Waals surface area (Å²) in [7, 11) is 0. The minimum atomic E-state index is -0.475. The highest BCUT2D eigenvalue weighted by Crippen LogP contribution is 2.34. The van der Waals surface area contributed by atoms with Gasteiger partial charge in [0.05, 0.1) is 36.8 Å². The van der Waals surface area contributed by atoms with Crippen molar-refractivity contribution in [3.8, 4) is 28.7 Å². The number of rotatable bonds is 32. The normalized spacial score (nSPS) is 11.4. The Morgan fingerprint density at radius 3 is 1.62 bits per heavy atom. The number of esters is 1. The Bertz CT molecular complexity index is 1860. The van der Waals surface area contributed by atoms with Gasteiger partial charge >= 0.3 is 5.97 Å². The predicted molar refractivity (Wildman–Crippen MR) is 250 cm³/mol. The number of azo groups is 1. The summed E-state index contributed by atoms with van der Waals surface area (Å²) < 4.78 is 23.3. The average molecular weight is 834 g/mol. The molecule has 9 heteroatoms. The van der Waals surface area contributed by atoms with Gasteiger partial charge < -0.3 is 24.1 Å². The first kappa shape index (κ1) is 48.5. The van der Waals surface area contributed by atoms with Crippen molar-refractivity contribution in [3.05, 3.63) is 96.1 Å². The van der Waals surface area contributed by atoms with E-state index in [0.29, 0.717) is 71.0 Å². The third kappa shape index (κ3) is 19.8. The van der Waals surface area contributed by atoms with E-state index >= 15 is 0 Å². The van der Waals surface area contributed by atoms with Gasteiger partial charge in [0.1, 0.15) is 28.7 Å². The van der Waals surface area contributed by atoms with Crippen LogP contribution in [0.25, 0.3) is 0 Å². The number of nitrogens with zero attached hydrogens (tertiary/aromatic N) is 3. The number of aliphatic imine (C=N–C) groups is 1. The molecule has 0 saturated heterocycles. The van der Waals surface area contributed by atoms with E-state index in [1.807, 2.05) is 43.3 Å². The molecule has 0 saturated carbocycles. The molecular formula is C52H71N3O6. The van der Waals surface area contributed by atoms with Gasteiger partial charge in [-0.1, -0.05) is 129 Å². The highest BCUT2D eigenvalue weighted by molar-refractivity contribution is 5.91. The van der Waals surface area contributed by atoms with Crippen molar-refractivity contribution in [1.82, 2.24) is 0 Å². The first-order valence-corrected chi connectivity index (χ1v) is 23.2. The fraction of sp³-hybridized carbons (Fsp3) is 0.500. The third-order valence-corrected chi connectivity index (χ3v) is 10.5. The molecule has 0 radical (unpaired) electrons. The minimum Gasteiger partial charge on any atom is -0.507 e. The van der Waals surface area contributed by atoms with E-state index in [1.54, 1.807) is 54.7 Å². The molecule has 0 aliphatic carbocycles. The van der Waals surface area contributed by atoms with E-state index in [2.05, 4.69) is 29.1 Å².